The lowest BCUT2D eigenvalue weighted by molar-refractivity contribution is -0.133. The van der Waals surface area contributed by atoms with E-state index in [0.29, 0.717) is 6.79 Å². The van der Waals surface area contributed by atoms with Crippen molar-refractivity contribution in [2.75, 3.05) is 25.3 Å². The van der Waals surface area contributed by atoms with Crippen molar-refractivity contribution < 1.29 is 9.47 Å². The average Bonchev–Trinajstić information content (AvgIpc) is 2.28. The fourth-order valence-corrected chi connectivity index (χ4v) is 1.68. The van der Waals surface area contributed by atoms with Gasteiger partial charge < -0.3 is 14.8 Å². The molecular formula is C11H14ClNO2. The van der Waals surface area contributed by atoms with Gasteiger partial charge in [0, 0.05) is 17.3 Å². The second-order valence-corrected chi connectivity index (χ2v) is 3.93. The summed E-state index contributed by atoms with van der Waals surface area (Å²) in [6, 6.07) is 7.68. The normalized spacial score (nSPS) is 21.3. The summed E-state index contributed by atoms with van der Waals surface area (Å²) >= 11 is 5.88. The molecule has 1 aromatic rings. The van der Waals surface area contributed by atoms with E-state index in [1.54, 1.807) is 0 Å². The van der Waals surface area contributed by atoms with Crippen LogP contribution in [0.5, 0.6) is 0 Å². The molecule has 4 heteroatoms. The zero-order valence-corrected chi connectivity index (χ0v) is 9.17. The van der Waals surface area contributed by atoms with Gasteiger partial charge in [0.2, 0.25) is 0 Å². The van der Waals surface area contributed by atoms with E-state index in [-0.39, 0.29) is 6.10 Å². The van der Waals surface area contributed by atoms with Crippen molar-refractivity contribution in [3.8, 4) is 0 Å². The van der Waals surface area contributed by atoms with Gasteiger partial charge in [-0.2, -0.15) is 0 Å². The summed E-state index contributed by atoms with van der Waals surface area (Å²) in [4.78, 5) is 0. The summed E-state index contributed by atoms with van der Waals surface area (Å²) in [5, 5.41) is 4.03. The van der Waals surface area contributed by atoms with Crippen LogP contribution < -0.4 is 5.32 Å². The highest BCUT2D eigenvalue weighted by molar-refractivity contribution is 6.30. The van der Waals surface area contributed by atoms with Crippen LogP contribution in [0.15, 0.2) is 24.3 Å². The summed E-state index contributed by atoms with van der Waals surface area (Å²) in [6.07, 6.45) is 1.17. The first-order chi connectivity index (χ1) is 7.34. The molecule has 1 aliphatic heterocycles. The molecular weight excluding hydrogens is 214 g/mol. The Kier molecular flexibility index (Phi) is 3.83. The van der Waals surface area contributed by atoms with Crippen LogP contribution in [0.4, 0.5) is 5.69 Å². The Morgan fingerprint density at radius 3 is 3.13 bits per heavy atom. The molecule has 1 aliphatic rings. The second-order valence-electron chi connectivity index (χ2n) is 3.49. The molecule has 3 nitrogen and oxygen atoms in total. The average molecular weight is 228 g/mol. The molecule has 0 aromatic heterocycles. The predicted molar refractivity (Wildman–Crippen MR) is 60.3 cm³/mol. The summed E-state index contributed by atoms with van der Waals surface area (Å²) in [7, 11) is 0. The molecule has 0 amide bonds. The van der Waals surface area contributed by atoms with Gasteiger partial charge in [-0.3, -0.25) is 0 Å². The molecule has 0 spiro atoms. The topological polar surface area (TPSA) is 30.5 Å². The quantitative estimate of drug-likeness (QED) is 0.861. The van der Waals surface area contributed by atoms with Crippen molar-refractivity contribution in [1.82, 2.24) is 0 Å². The van der Waals surface area contributed by atoms with Crippen LogP contribution in [0.3, 0.4) is 0 Å². The number of benzene rings is 1. The van der Waals surface area contributed by atoms with Crippen molar-refractivity contribution in [1.29, 1.82) is 0 Å². The largest absolute Gasteiger partial charge is 0.382 e. The lowest BCUT2D eigenvalue weighted by atomic mass is 10.2. The minimum Gasteiger partial charge on any atom is -0.382 e. The lowest BCUT2D eigenvalue weighted by Crippen LogP contribution is -2.30. The summed E-state index contributed by atoms with van der Waals surface area (Å²) in [5.74, 6) is 0. The number of hydrogen-bond acceptors (Lipinski definition) is 3. The highest BCUT2D eigenvalue weighted by Gasteiger charge is 2.13. The molecule has 1 fully saturated rings. The number of rotatable bonds is 3. The van der Waals surface area contributed by atoms with Crippen LogP contribution >= 0.6 is 11.6 Å². The molecule has 1 aromatic carbocycles. The van der Waals surface area contributed by atoms with E-state index in [2.05, 4.69) is 5.32 Å². The Balaban J connectivity index is 1.81. The van der Waals surface area contributed by atoms with Crippen LogP contribution in [0.25, 0.3) is 0 Å². The zero-order valence-electron chi connectivity index (χ0n) is 8.41. The molecule has 2 rings (SSSR count). The van der Waals surface area contributed by atoms with Crippen LogP contribution in [-0.2, 0) is 9.47 Å². The van der Waals surface area contributed by atoms with Crippen LogP contribution in [0.2, 0.25) is 5.02 Å². The van der Waals surface area contributed by atoms with Gasteiger partial charge in [-0.05, 0) is 24.6 Å². The summed E-state index contributed by atoms with van der Waals surface area (Å²) in [5.41, 5.74) is 1.03. The fraction of sp³-hybridized carbons (Fsp3) is 0.455. The van der Waals surface area contributed by atoms with Gasteiger partial charge in [0.15, 0.2) is 0 Å². The van der Waals surface area contributed by atoms with Crippen molar-refractivity contribution >= 4 is 17.3 Å². The first-order valence-electron chi connectivity index (χ1n) is 5.03. The van der Waals surface area contributed by atoms with Crippen LogP contribution in [-0.4, -0.2) is 26.0 Å². The smallest absolute Gasteiger partial charge is 0.147 e. The molecule has 0 saturated carbocycles. The van der Waals surface area contributed by atoms with Crippen LogP contribution in [0, 0.1) is 0 Å². The van der Waals surface area contributed by atoms with Gasteiger partial charge in [-0.1, -0.05) is 17.7 Å². The number of hydrogen-bond donors (Lipinski definition) is 1. The Morgan fingerprint density at radius 1 is 1.47 bits per heavy atom. The maximum atomic E-state index is 5.88. The molecule has 0 bridgehead atoms. The SMILES string of the molecule is Clc1cccc(NCC2CCOCO2)c1. The third kappa shape index (κ3) is 3.38. The number of nitrogens with one attached hydrogen (secondary N) is 1. The van der Waals surface area contributed by atoms with Crippen LogP contribution in [0.1, 0.15) is 6.42 Å². The molecule has 15 heavy (non-hydrogen) atoms. The molecule has 0 radical (unpaired) electrons. The van der Waals surface area contributed by atoms with Gasteiger partial charge in [0.25, 0.3) is 0 Å². The first kappa shape index (κ1) is 10.7. The van der Waals surface area contributed by atoms with Gasteiger partial charge in [-0.15, -0.1) is 0 Å². The lowest BCUT2D eigenvalue weighted by Gasteiger charge is -2.23. The van der Waals surface area contributed by atoms with Crippen molar-refractivity contribution in [3.05, 3.63) is 29.3 Å². The van der Waals surface area contributed by atoms with E-state index >= 15 is 0 Å². The highest BCUT2D eigenvalue weighted by Crippen LogP contribution is 2.15. The number of ether oxygens (including phenoxy) is 2. The molecule has 1 N–H and O–H groups in total. The Bertz CT molecular complexity index is 313. The maximum absolute atomic E-state index is 5.88. The third-order valence-corrected chi connectivity index (χ3v) is 2.56. The monoisotopic (exact) mass is 227 g/mol. The zero-order chi connectivity index (χ0) is 10.5. The molecule has 0 aliphatic carbocycles. The van der Waals surface area contributed by atoms with E-state index in [0.717, 1.165) is 30.3 Å². The summed E-state index contributed by atoms with van der Waals surface area (Å²) in [6.45, 7) is 1.98. The predicted octanol–water partition coefficient (Wildman–Crippen LogP) is 2.51. The number of halogens is 1. The van der Waals surface area contributed by atoms with E-state index in [4.69, 9.17) is 21.1 Å². The highest BCUT2D eigenvalue weighted by atomic mass is 35.5. The minimum absolute atomic E-state index is 0.234. The van der Waals surface area contributed by atoms with Crippen molar-refractivity contribution in [2.45, 2.75) is 12.5 Å². The van der Waals surface area contributed by atoms with E-state index < -0.39 is 0 Å². The third-order valence-electron chi connectivity index (χ3n) is 2.33. The molecule has 82 valence electrons. The summed E-state index contributed by atoms with van der Waals surface area (Å²) < 4.78 is 10.5. The van der Waals surface area contributed by atoms with Gasteiger partial charge in [0.05, 0.1) is 12.7 Å². The Morgan fingerprint density at radius 2 is 2.40 bits per heavy atom. The Hall–Kier alpha value is -0.770. The van der Waals surface area contributed by atoms with Gasteiger partial charge in [-0.25, -0.2) is 0 Å². The number of anilines is 1. The van der Waals surface area contributed by atoms with Crippen molar-refractivity contribution in [3.63, 3.8) is 0 Å². The molecule has 1 saturated heterocycles. The molecule has 1 atom stereocenters. The van der Waals surface area contributed by atoms with Gasteiger partial charge >= 0.3 is 0 Å². The fourth-order valence-electron chi connectivity index (χ4n) is 1.49. The first-order valence-corrected chi connectivity index (χ1v) is 5.41. The van der Waals surface area contributed by atoms with Crippen molar-refractivity contribution in [2.24, 2.45) is 0 Å². The van der Waals surface area contributed by atoms with E-state index in [9.17, 15) is 0 Å². The van der Waals surface area contributed by atoms with E-state index in [1.165, 1.54) is 0 Å². The van der Waals surface area contributed by atoms with Gasteiger partial charge in [0.1, 0.15) is 6.79 Å². The molecule has 1 unspecified atom stereocenters. The maximum Gasteiger partial charge on any atom is 0.147 e. The second kappa shape index (κ2) is 5.35. The van der Waals surface area contributed by atoms with E-state index in [1.807, 2.05) is 24.3 Å². The standard InChI is InChI=1S/C11H14ClNO2/c12-9-2-1-3-10(6-9)13-7-11-4-5-14-8-15-11/h1-3,6,11,13H,4-5,7-8H2. The molecule has 1 heterocycles. The Labute approximate surface area is 94.3 Å². The minimum atomic E-state index is 0.234.